The number of benzene rings is 1. The summed E-state index contributed by atoms with van der Waals surface area (Å²) in [4.78, 5) is 69.8. The molecule has 2 rings (SSSR count). The summed E-state index contributed by atoms with van der Waals surface area (Å²) in [6.45, 7) is 4.50. The number of aliphatic carboxylic acids is 1. The summed E-state index contributed by atoms with van der Waals surface area (Å²) in [7, 11) is 0. The molecule has 16 nitrogen and oxygen atoms in total. The van der Waals surface area contributed by atoms with Gasteiger partial charge in [0, 0.05) is 19.4 Å². The molecule has 0 aromatic heterocycles. The van der Waals surface area contributed by atoms with Crippen LogP contribution in [0.25, 0.3) is 0 Å². The number of amides is 4. The SMILES string of the molecule is CC(C)C[C@H](NC(=O)[C@H](Cc1ccc(O)cc1)NC(=O)[C@@H](N)CCCN=C(N)N)C(=O)N1C[C@H](F)C[C@H]1C(=O)N[C@H](C(=O)O)[C@@H](C)O. The molecule has 0 saturated carbocycles. The van der Waals surface area contributed by atoms with Gasteiger partial charge in [-0.3, -0.25) is 24.2 Å². The fraction of sp³-hybridized carbons (Fsp3) is 0.600. The van der Waals surface area contributed by atoms with Crippen LogP contribution < -0.4 is 33.2 Å². The average Bonchev–Trinajstić information content (AvgIpc) is 3.38. The summed E-state index contributed by atoms with van der Waals surface area (Å²) in [5, 5.41) is 36.2. The molecular formula is C30H47FN8O8. The van der Waals surface area contributed by atoms with E-state index in [0.717, 1.165) is 11.8 Å². The Morgan fingerprint density at radius 3 is 2.19 bits per heavy atom. The zero-order valence-corrected chi connectivity index (χ0v) is 26.8. The number of carbonyl (C=O) groups excluding carboxylic acids is 4. The topological polar surface area (TPSA) is 276 Å². The van der Waals surface area contributed by atoms with Crippen LogP contribution in [-0.2, 0) is 30.4 Å². The highest BCUT2D eigenvalue weighted by molar-refractivity contribution is 5.96. The molecule has 47 heavy (non-hydrogen) atoms. The number of carboxylic acids is 1. The number of hydrogen-bond donors (Lipinski definition) is 9. The molecule has 0 radical (unpaired) electrons. The van der Waals surface area contributed by atoms with E-state index in [1.165, 1.54) is 12.1 Å². The monoisotopic (exact) mass is 666 g/mol. The lowest BCUT2D eigenvalue weighted by Crippen LogP contribution is -2.59. The van der Waals surface area contributed by atoms with Crippen molar-refractivity contribution in [2.45, 2.75) is 95.4 Å². The quantitative estimate of drug-likeness (QED) is 0.0509. The number of aliphatic hydroxyl groups is 1. The van der Waals surface area contributed by atoms with Crippen LogP contribution in [0.4, 0.5) is 4.39 Å². The first-order valence-corrected chi connectivity index (χ1v) is 15.4. The Balaban J connectivity index is 2.29. The number of aliphatic imine (C=N–C) groups is 1. The van der Waals surface area contributed by atoms with Crippen LogP contribution >= 0.6 is 0 Å². The molecule has 0 spiro atoms. The van der Waals surface area contributed by atoms with E-state index in [4.69, 9.17) is 17.2 Å². The van der Waals surface area contributed by atoms with Gasteiger partial charge in [0.25, 0.3) is 0 Å². The largest absolute Gasteiger partial charge is 0.508 e. The van der Waals surface area contributed by atoms with Gasteiger partial charge in [0.2, 0.25) is 23.6 Å². The zero-order valence-electron chi connectivity index (χ0n) is 26.8. The minimum absolute atomic E-state index is 0.0114. The lowest BCUT2D eigenvalue weighted by Gasteiger charge is -2.31. The minimum atomic E-state index is -1.69. The molecule has 17 heteroatoms. The third-order valence-electron chi connectivity index (χ3n) is 7.52. The first kappa shape index (κ1) is 38.7. The lowest BCUT2D eigenvalue weighted by atomic mass is 10.00. The maximum absolute atomic E-state index is 14.6. The van der Waals surface area contributed by atoms with E-state index < -0.39 is 85.0 Å². The number of carbonyl (C=O) groups is 5. The van der Waals surface area contributed by atoms with Gasteiger partial charge in [-0.25, -0.2) is 9.18 Å². The molecule has 1 heterocycles. The second-order valence-electron chi connectivity index (χ2n) is 12.1. The Bertz CT molecular complexity index is 1270. The van der Waals surface area contributed by atoms with Crippen molar-refractivity contribution in [3.63, 3.8) is 0 Å². The maximum Gasteiger partial charge on any atom is 0.328 e. The van der Waals surface area contributed by atoms with Crippen LogP contribution in [0.5, 0.6) is 5.75 Å². The zero-order chi connectivity index (χ0) is 35.4. The first-order valence-electron chi connectivity index (χ1n) is 15.4. The van der Waals surface area contributed by atoms with Gasteiger partial charge in [0.1, 0.15) is 30.0 Å². The van der Waals surface area contributed by atoms with E-state index in [1.54, 1.807) is 26.0 Å². The number of nitrogens with one attached hydrogen (secondary N) is 3. The highest BCUT2D eigenvalue weighted by atomic mass is 19.1. The van der Waals surface area contributed by atoms with Gasteiger partial charge in [-0.1, -0.05) is 26.0 Å². The van der Waals surface area contributed by atoms with E-state index in [0.29, 0.717) is 12.0 Å². The van der Waals surface area contributed by atoms with Crippen molar-refractivity contribution < 1.29 is 43.7 Å². The number of aromatic hydroxyl groups is 1. The molecule has 12 N–H and O–H groups in total. The second kappa shape index (κ2) is 18.0. The van der Waals surface area contributed by atoms with Crippen LogP contribution in [0.15, 0.2) is 29.3 Å². The number of halogens is 1. The van der Waals surface area contributed by atoms with Gasteiger partial charge in [-0.05, 0) is 49.8 Å². The van der Waals surface area contributed by atoms with Gasteiger partial charge in [0.05, 0.1) is 18.7 Å². The third kappa shape index (κ3) is 12.3. The number of guanidine groups is 1. The number of rotatable bonds is 17. The molecule has 4 amide bonds. The smallest absolute Gasteiger partial charge is 0.328 e. The molecule has 7 atom stereocenters. The number of nitrogens with zero attached hydrogens (tertiary/aromatic N) is 2. The lowest BCUT2D eigenvalue weighted by molar-refractivity contribution is -0.147. The van der Waals surface area contributed by atoms with E-state index in [1.807, 2.05) is 0 Å². The summed E-state index contributed by atoms with van der Waals surface area (Å²) in [6.07, 6.45) is -2.85. The highest BCUT2D eigenvalue weighted by Gasteiger charge is 2.44. The standard InChI is InChI=1S/C30H47FN8O8/c1-15(2)11-22(28(45)39-14-18(31)13-23(39)27(44)38-24(16(3)40)29(46)47)37-26(43)21(12-17-6-8-19(41)9-7-17)36-25(42)20(32)5-4-10-35-30(33)34/h6-9,15-16,18,20-24,40-41H,4-5,10-14,32H2,1-3H3,(H,36,42)(H,37,43)(H,38,44)(H,46,47)(H4,33,34,35)/t16-,18-,20+,21+,22+,23+,24+/m1/s1. The van der Waals surface area contributed by atoms with Crippen molar-refractivity contribution in [1.29, 1.82) is 0 Å². The molecular weight excluding hydrogens is 619 g/mol. The molecule has 262 valence electrons. The molecule has 1 aliphatic rings. The normalized spacial score (nSPS) is 19.2. The van der Waals surface area contributed by atoms with Crippen molar-refractivity contribution >= 4 is 35.6 Å². The van der Waals surface area contributed by atoms with Crippen molar-refractivity contribution in [2.75, 3.05) is 13.1 Å². The van der Waals surface area contributed by atoms with Gasteiger partial charge in [-0.2, -0.15) is 0 Å². The fourth-order valence-corrected chi connectivity index (χ4v) is 5.09. The molecule has 0 aliphatic carbocycles. The van der Waals surface area contributed by atoms with E-state index in [2.05, 4.69) is 20.9 Å². The van der Waals surface area contributed by atoms with Crippen molar-refractivity contribution in [1.82, 2.24) is 20.9 Å². The van der Waals surface area contributed by atoms with Gasteiger partial charge in [0.15, 0.2) is 12.0 Å². The van der Waals surface area contributed by atoms with Crippen LogP contribution in [0.3, 0.4) is 0 Å². The van der Waals surface area contributed by atoms with Crippen molar-refractivity contribution in [3.8, 4) is 5.75 Å². The Labute approximate surface area is 272 Å². The number of likely N-dealkylation sites (tertiary alicyclic amines) is 1. The number of alkyl halides is 1. The minimum Gasteiger partial charge on any atom is -0.508 e. The van der Waals surface area contributed by atoms with Gasteiger partial charge in [-0.15, -0.1) is 0 Å². The van der Waals surface area contributed by atoms with E-state index >= 15 is 0 Å². The average molecular weight is 667 g/mol. The summed E-state index contributed by atoms with van der Waals surface area (Å²) in [5.41, 5.74) is 17.2. The Morgan fingerprint density at radius 1 is 1.02 bits per heavy atom. The van der Waals surface area contributed by atoms with Gasteiger partial charge < -0.3 is 53.4 Å². The Hall–Kier alpha value is -4.51. The van der Waals surface area contributed by atoms with Crippen LogP contribution in [0, 0.1) is 5.92 Å². The molecule has 1 aliphatic heterocycles. The summed E-state index contributed by atoms with van der Waals surface area (Å²) < 4.78 is 14.6. The fourth-order valence-electron chi connectivity index (χ4n) is 5.09. The highest BCUT2D eigenvalue weighted by Crippen LogP contribution is 2.23. The number of carboxylic acid groups (broad SMARTS) is 1. The first-order chi connectivity index (χ1) is 22.0. The molecule has 1 saturated heterocycles. The number of phenolic OH excluding ortho intramolecular Hbond substituents is 1. The predicted octanol–water partition coefficient (Wildman–Crippen LogP) is -1.78. The Morgan fingerprint density at radius 2 is 1.64 bits per heavy atom. The van der Waals surface area contributed by atoms with Crippen LogP contribution in [0.2, 0.25) is 0 Å². The summed E-state index contributed by atoms with van der Waals surface area (Å²) >= 11 is 0. The molecule has 1 fully saturated rings. The number of aliphatic hydroxyl groups excluding tert-OH is 1. The molecule has 1 aromatic rings. The predicted molar refractivity (Wildman–Crippen MR) is 169 cm³/mol. The molecule has 0 unspecified atom stereocenters. The molecule has 1 aromatic carbocycles. The third-order valence-corrected chi connectivity index (χ3v) is 7.52. The summed E-state index contributed by atoms with van der Waals surface area (Å²) in [6, 6.07) is -0.652. The van der Waals surface area contributed by atoms with Crippen molar-refractivity contribution in [2.24, 2.45) is 28.1 Å². The maximum atomic E-state index is 14.6. The number of hydrogen-bond acceptors (Lipinski definition) is 9. The van der Waals surface area contributed by atoms with Crippen LogP contribution in [0.1, 0.15) is 52.0 Å². The number of phenols is 1. The van der Waals surface area contributed by atoms with Crippen LogP contribution in [-0.4, -0.2) is 111 Å². The molecule has 0 bridgehead atoms. The summed E-state index contributed by atoms with van der Waals surface area (Å²) in [5.74, 6) is -4.93. The van der Waals surface area contributed by atoms with E-state index in [9.17, 15) is 43.7 Å². The number of nitrogens with two attached hydrogens (primary N) is 3. The Kier molecular flexibility index (Phi) is 14.8. The van der Waals surface area contributed by atoms with Crippen molar-refractivity contribution in [3.05, 3.63) is 29.8 Å². The second-order valence-corrected chi connectivity index (χ2v) is 12.1. The van der Waals surface area contributed by atoms with E-state index in [-0.39, 0.29) is 43.4 Å². The van der Waals surface area contributed by atoms with Gasteiger partial charge >= 0.3 is 5.97 Å².